The third-order valence-corrected chi connectivity index (χ3v) is 7.80. The first-order valence-electron chi connectivity index (χ1n) is 13.4. The quantitative estimate of drug-likeness (QED) is 0.311. The van der Waals surface area contributed by atoms with Gasteiger partial charge in [0, 0.05) is 24.7 Å². The molecule has 2 aliphatic rings. The van der Waals surface area contributed by atoms with Gasteiger partial charge >= 0.3 is 5.97 Å². The third kappa shape index (κ3) is 6.56. The van der Waals surface area contributed by atoms with E-state index in [0.717, 1.165) is 72.8 Å². The van der Waals surface area contributed by atoms with Crippen molar-refractivity contribution in [1.82, 2.24) is 4.90 Å². The van der Waals surface area contributed by atoms with Gasteiger partial charge in [-0.25, -0.2) is 13.6 Å². The van der Waals surface area contributed by atoms with E-state index in [-0.39, 0.29) is 24.6 Å². The third-order valence-electron chi connectivity index (χ3n) is 7.80. The largest absolute Gasteiger partial charge is 0.478 e. The molecule has 206 valence electrons. The van der Waals surface area contributed by atoms with Crippen LogP contribution in [0.2, 0.25) is 0 Å². The second-order valence-corrected chi connectivity index (χ2v) is 10.4. The molecule has 1 fully saturated rings. The van der Waals surface area contributed by atoms with Gasteiger partial charge in [-0.05, 0) is 109 Å². The summed E-state index contributed by atoms with van der Waals surface area (Å²) in [5, 5.41) is 9.52. The SMILES string of the molecule is Cl.O=C(O)c1ccc2c(c1)CCCC(c1ccc(F)cc1F)=C2c1ccc(CC2CCN(CCCF)C2)cc1. The minimum Gasteiger partial charge on any atom is -0.478 e. The van der Waals surface area contributed by atoms with Gasteiger partial charge in [0.1, 0.15) is 11.6 Å². The number of benzene rings is 3. The Morgan fingerprint density at radius 1 is 0.974 bits per heavy atom. The van der Waals surface area contributed by atoms with Gasteiger partial charge in [-0.3, -0.25) is 4.39 Å². The number of aryl methyl sites for hydroxylation is 1. The van der Waals surface area contributed by atoms with Crippen LogP contribution in [0, 0.1) is 17.6 Å². The standard InChI is InChI=1S/C32H32F3NO2.ClH/c33-14-2-15-36-16-13-22(20-36)17-21-5-7-23(8-6-21)31-27-11-9-25(32(37)38)18-24(27)3-1-4-29(31)28-12-10-26(34)19-30(28)35;/h5-12,18-19,22H,1-4,13-17,20H2,(H,37,38);1H. The van der Waals surface area contributed by atoms with Crippen LogP contribution in [0.5, 0.6) is 0 Å². The lowest BCUT2D eigenvalue weighted by Gasteiger charge is -2.18. The number of carboxylic acid groups (broad SMARTS) is 1. The van der Waals surface area contributed by atoms with Crippen LogP contribution < -0.4 is 0 Å². The number of rotatable bonds is 8. The summed E-state index contributed by atoms with van der Waals surface area (Å²) in [6.45, 7) is 2.53. The van der Waals surface area contributed by atoms with Crippen molar-refractivity contribution in [3.8, 4) is 0 Å². The van der Waals surface area contributed by atoms with E-state index in [1.807, 2.05) is 6.07 Å². The number of carbonyl (C=O) groups is 1. The fourth-order valence-corrected chi connectivity index (χ4v) is 5.96. The summed E-state index contributed by atoms with van der Waals surface area (Å²) in [7, 11) is 0. The fraction of sp³-hybridized carbons (Fsp3) is 0.344. The van der Waals surface area contributed by atoms with E-state index < -0.39 is 17.6 Å². The minimum atomic E-state index is -0.980. The maximum absolute atomic E-state index is 15.0. The zero-order valence-electron chi connectivity index (χ0n) is 21.8. The molecule has 5 rings (SSSR count). The van der Waals surface area contributed by atoms with Crippen molar-refractivity contribution >= 4 is 29.5 Å². The van der Waals surface area contributed by atoms with Crippen molar-refractivity contribution in [2.75, 3.05) is 26.3 Å². The normalized spacial score (nSPS) is 17.5. The van der Waals surface area contributed by atoms with E-state index in [1.54, 1.807) is 12.1 Å². The molecule has 0 amide bonds. The Bertz CT molecular complexity index is 1360. The Morgan fingerprint density at radius 3 is 2.46 bits per heavy atom. The van der Waals surface area contributed by atoms with E-state index >= 15 is 4.39 Å². The maximum atomic E-state index is 15.0. The highest BCUT2D eigenvalue weighted by Gasteiger charge is 2.24. The highest BCUT2D eigenvalue weighted by atomic mass is 35.5. The van der Waals surface area contributed by atoms with Gasteiger partial charge in [0.15, 0.2) is 0 Å². The molecule has 7 heteroatoms. The first kappa shape index (κ1) is 28.9. The number of nitrogens with zero attached hydrogens (tertiary/aromatic N) is 1. The molecule has 0 spiro atoms. The van der Waals surface area contributed by atoms with Crippen LogP contribution in [0.25, 0.3) is 11.1 Å². The Hall–Kier alpha value is -3.09. The molecule has 0 aromatic heterocycles. The van der Waals surface area contributed by atoms with Crippen LogP contribution in [0.4, 0.5) is 13.2 Å². The number of carboxylic acids is 1. The highest BCUT2D eigenvalue weighted by molar-refractivity contribution is 6.00. The van der Waals surface area contributed by atoms with Crippen molar-refractivity contribution in [2.45, 2.75) is 38.5 Å². The van der Waals surface area contributed by atoms with Gasteiger partial charge in [-0.1, -0.05) is 30.3 Å². The van der Waals surface area contributed by atoms with Gasteiger partial charge in [-0.2, -0.15) is 0 Å². The van der Waals surface area contributed by atoms with E-state index in [0.29, 0.717) is 30.7 Å². The maximum Gasteiger partial charge on any atom is 0.335 e. The molecule has 0 bridgehead atoms. The predicted molar refractivity (Wildman–Crippen MR) is 151 cm³/mol. The number of fused-ring (bicyclic) bond motifs is 1. The first-order chi connectivity index (χ1) is 18.4. The van der Waals surface area contributed by atoms with Crippen molar-refractivity contribution in [2.24, 2.45) is 5.92 Å². The second kappa shape index (κ2) is 12.8. The van der Waals surface area contributed by atoms with E-state index in [4.69, 9.17) is 0 Å². The van der Waals surface area contributed by atoms with Gasteiger partial charge < -0.3 is 10.0 Å². The minimum absolute atomic E-state index is 0. The molecule has 3 aromatic carbocycles. The molecule has 0 saturated carbocycles. The summed E-state index contributed by atoms with van der Waals surface area (Å²) in [6, 6.07) is 17.2. The average molecular weight is 556 g/mol. The highest BCUT2D eigenvalue weighted by Crippen LogP contribution is 2.41. The number of alkyl halides is 1. The summed E-state index contributed by atoms with van der Waals surface area (Å²) in [5.41, 5.74) is 6.22. The Balaban J connectivity index is 0.00000353. The van der Waals surface area contributed by atoms with E-state index in [1.165, 1.54) is 17.7 Å². The molecule has 3 aromatic rings. The van der Waals surface area contributed by atoms with Crippen LogP contribution in [-0.4, -0.2) is 42.3 Å². The van der Waals surface area contributed by atoms with Crippen LogP contribution in [0.3, 0.4) is 0 Å². The molecule has 1 unspecified atom stereocenters. The zero-order chi connectivity index (χ0) is 26.6. The number of aromatic carboxylic acids is 1. The number of hydrogen-bond donors (Lipinski definition) is 1. The van der Waals surface area contributed by atoms with E-state index in [2.05, 4.69) is 29.2 Å². The van der Waals surface area contributed by atoms with Crippen molar-refractivity contribution < 1.29 is 23.1 Å². The number of allylic oxidation sites excluding steroid dienone is 1. The Kier molecular flexibility index (Phi) is 9.52. The smallest absolute Gasteiger partial charge is 0.335 e. The zero-order valence-corrected chi connectivity index (χ0v) is 22.6. The van der Waals surface area contributed by atoms with Gasteiger partial charge in [-0.15, -0.1) is 12.4 Å². The molecule has 1 aliphatic carbocycles. The monoisotopic (exact) mass is 555 g/mol. The summed E-state index contributed by atoms with van der Waals surface area (Å²) in [6.07, 6.45) is 4.63. The lowest BCUT2D eigenvalue weighted by atomic mass is 9.86. The molecule has 1 aliphatic heterocycles. The molecule has 1 saturated heterocycles. The average Bonchev–Trinajstić information content (AvgIpc) is 3.26. The van der Waals surface area contributed by atoms with Crippen LogP contribution in [0.15, 0.2) is 60.7 Å². The number of halogens is 4. The van der Waals surface area contributed by atoms with Gasteiger partial charge in [0.2, 0.25) is 0 Å². The number of likely N-dealkylation sites (tertiary alicyclic amines) is 1. The first-order valence-corrected chi connectivity index (χ1v) is 13.4. The van der Waals surface area contributed by atoms with Crippen molar-refractivity contribution in [3.05, 3.63) is 106 Å². The van der Waals surface area contributed by atoms with Crippen LogP contribution in [-0.2, 0) is 12.8 Å². The van der Waals surface area contributed by atoms with Gasteiger partial charge in [0.25, 0.3) is 0 Å². The molecular weight excluding hydrogens is 523 g/mol. The summed E-state index contributed by atoms with van der Waals surface area (Å²) in [5.74, 6) is -1.66. The van der Waals surface area contributed by atoms with Crippen molar-refractivity contribution in [1.29, 1.82) is 0 Å². The molecular formula is C32H33ClF3NO2. The summed E-state index contributed by atoms with van der Waals surface area (Å²) >= 11 is 0. The topological polar surface area (TPSA) is 40.5 Å². The molecule has 1 heterocycles. The Morgan fingerprint density at radius 2 is 1.74 bits per heavy atom. The molecule has 0 radical (unpaired) electrons. The lowest BCUT2D eigenvalue weighted by molar-refractivity contribution is 0.0696. The Labute approximate surface area is 233 Å². The van der Waals surface area contributed by atoms with E-state index in [9.17, 15) is 18.7 Å². The number of hydrogen-bond acceptors (Lipinski definition) is 2. The summed E-state index contributed by atoms with van der Waals surface area (Å²) < 4.78 is 41.3. The fourth-order valence-electron chi connectivity index (χ4n) is 5.96. The molecule has 1 atom stereocenters. The van der Waals surface area contributed by atoms with Crippen LogP contribution >= 0.6 is 12.4 Å². The lowest BCUT2D eigenvalue weighted by Crippen LogP contribution is -2.22. The predicted octanol–water partition coefficient (Wildman–Crippen LogP) is 7.60. The van der Waals surface area contributed by atoms with Gasteiger partial charge in [0.05, 0.1) is 12.2 Å². The summed E-state index contributed by atoms with van der Waals surface area (Å²) in [4.78, 5) is 14.0. The van der Waals surface area contributed by atoms with Crippen LogP contribution in [0.1, 0.15) is 63.9 Å². The molecule has 3 nitrogen and oxygen atoms in total. The molecule has 39 heavy (non-hydrogen) atoms. The molecule has 1 N–H and O–H groups in total. The van der Waals surface area contributed by atoms with Crippen molar-refractivity contribution in [3.63, 3.8) is 0 Å². The second-order valence-electron chi connectivity index (χ2n) is 10.4.